The molecule has 0 unspecified atom stereocenters. The van der Waals surface area contributed by atoms with Crippen LogP contribution in [-0.4, -0.2) is 15.3 Å². The first kappa shape index (κ1) is 16.9. The lowest BCUT2D eigenvalue weighted by Crippen LogP contribution is -2.42. The molecule has 0 saturated carbocycles. The van der Waals surface area contributed by atoms with Gasteiger partial charge in [-0.15, -0.1) is 0 Å². The summed E-state index contributed by atoms with van der Waals surface area (Å²) in [6.07, 6.45) is 5.81. The summed E-state index contributed by atoms with van der Waals surface area (Å²) >= 11 is 0. The van der Waals surface area contributed by atoms with Crippen LogP contribution in [-0.2, 0) is 6.54 Å². The summed E-state index contributed by atoms with van der Waals surface area (Å²) in [4.78, 5) is 29.2. The fourth-order valence-corrected chi connectivity index (χ4v) is 3.02. The largest absolute Gasteiger partial charge is 0.365 e. The zero-order valence-electron chi connectivity index (χ0n) is 14.2. The van der Waals surface area contributed by atoms with Crippen LogP contribution in [0.25, 0.3) is 16.7 Å². The second-order valence-corrected chi connectivity index (χ2v) is 6.10. The molecule has 7 nitrogen and oxygen atoms in total. The molecule has 0 saturated heterocycles. The Morgan fingerprint density at radius 1 is 1.28 bits per heavy atom. The molecule has 0 spiro atoms. The Kier molecular flexibility index (Phi) is 4.65. The minimum atomic E-state index is -0.653. The summed E-state index contributed by atoms with van der Waals surface area (Å²) in [5.74, 6) is -0.400. The molecule has 0 aliphatic heterocycles. The Morgan fingerprint density at radius 3 is 2.80 bits per heavy atom. The molecule has 3 rings (SSSR count). The van der Waals surface area contributed by atoms with Crippen molar-refractivity contribution in [2.75, 3.05) is 5.73 Å². The van der Waals surface area contributed by atoms with E-state index >= 15 is 0 Å². The van der Waals surface area contributed by atoms with E-state index in [-0.39, 0.29) is 16.9 Å². The van der Waals surface area contributed by atoms with Crippen molar-refractivity contribution >= 4 is 28.4 Å². The number of hydrogen-bond acceptors (Lipinski definition) is 4. The Morgan fingerprint density at radius 2 is 2.08 bits per heavy atom. The van der Waals surface area contributed by atoms with Crippen molar-refractivity contribution in [3.8, 4) is 0 Å². The number of aryl methyl sites for hydroxylation is 1. The van der Waals surface area contributed by atoms with Crippen LogP contribution >= 0.6 is 0 Å². The molecule has 0 aliphatic rings. The van der Waals surface area contributed by atoms with Gasteiger partial charge in [-0.3, -0.25) is 14.0 Å². The Hall–Kier alpha value is -2.96. The molecule has 130 valence electrons. The number of fused-ring (bicyclic) bond motifs is 2. The van der Waals surface area contributed by atoms with Crippen LogP contribution in [0.15, 0.2) is 35.3 Å². The topological polar surface area (TPSA) is 107 Å². The number of anilines is 1. The van der Waals surface area contributed by atoms with Crippen LogP contribution in [0.1, 0.15) is 43.0 Å². The van der Waals surface area contributed by atoms with E-state index in [1.807, 2.05) is 6.07 Å². The van der Waals surface area contributed by atoms with Gasteiger partial charge in [0.2, 0.25) is 11.5 Å². The number of amides is 1. The maximum atomic E-state index is 12.8. The number of carbonyl (C=O) groups is 1. The predicted octanol–water partition coefficient (Wildman–Crippen LogP) is 1.40. The van der Waals surface area contributed by atoms with Crippen LogP contribution in [0.4, 0.5) is 5.82 Å². The van der Waals surface area contributed by atoms with Gasteiger partial charge in [-0.2, -0.15) is 0 Å². The van der Waals surface area contributed by atoms with Gasteiger partial charge in [0.05, 0.1) is 6.54 Å². The number of nitrogens with two attached hydrogens (primary N) is 2. The lowest BCUT2D eigenvalue weighted by molar-refractivity contribution is -0.659. The van der Waals surface area contributed by atoms with Gasteiger partial charge in [-0.25, -0.2) is 4.57 Å². The molecular formula is C18H22N5O2+. The highest BCUT2D eigenvalue weighted by Crippen LogP contribution is 2.14. The zero-order valence-corrected chi connectivity index (χ0v) is 14.2. The highest BCUT2D eigenvalue weighted by atomic mass is 16.1. The number of pyridine rings is 2. The second-order valence-electron chi connectivity index (χ2n) is 6.10. The molecule has 0 aromatic carbocycles. The predicted molar refractivity (Wildman–Crippen MR) is 96.2 cm³/mol. The number of nitrogen functional groups attached to an aromatic ring is 1. The molecule has 4 N–H and O–H groups in total. The van der Waals surface area contributed by atoms with Crippen molar-refractivity contribution in [2.24, 2.45) is 5.73 Å². The van der Waals surface area contributed by atoms with Crippen LogP contribution in [0.5, 0.6) is 0 Å². The summed E-state index contributed by atoms with van der Waals surface area (Å²) in [5, 5.41) is 0.335. The second kappa shape index (κ2) is 6.88. The van der Waals surface area contributed by atoms with Crippen LogP contribution in [0, 0.1) is 0 Å². The number of primary amides is 1. The Labute approximate surface area is 144 Å². The Balaban J connectivity index is 2.27. The van der Waals surface area contributed by atoms with Gasteiger partial charge in [0.15, 0.2) is 0 Å². The van der Waals surface area contributed by atoms with Crippen molar-refractivity contribution < 1.29 is 9.36 Å². The smallest absolute Gasteiger partial charge is 0.278 e. The fourth-order valence-electron chi connectivity index (χ4n) is 3.02. The van der Waals surface area contributed by atoms with Crippen LogP contribution < -0.4 is 21.6 Å². The number of carbonyl (C=O) groups excluding carboxylic acids is 1. The first-order valence-corrected chi connectivity index (χ1v) is 8.47. The lowest BCUT2D eigenvalue weighted by Gasteiger charge is -2.10. The summed E-state index contributed by atoms with van der Waals surface area (Å²) in [6, 6.07) is 6.79. The lowest BCUT2D eigenvalue weighted by atomic mass is 10.1. The van der Waals surface area contributed by atoms with Gasteiger partial charge in [-0.1, -0.05) is 37.2 Å². The zero-order chi connectivity index (χ0) is 18.0. The van der Waals surface area contributed by atoms with E-state index in [2.05, 4.69) is 11.9 Å². The average molecular weight is 340 g/mol. The first-order chi connectivity index (χ1) is 12.0. The third-order valence-electron chi connectivity index (χ3n) is 4.36. The van der Waals surface area contributed by atoms with Crippen molar-refractivity contribution in [1.29, 1.82) is 0 Å². The van der Waals surface area contributed by atoms with Gasteiger partial charge >= 0.3 is 0 Å². The van der Waals surface area contributed by atoms with E-state index in [0.717, 1.165) is 25.7 Å². The first-order valence-electron chi connectivity index (χ1n) is 8.47. The van der Waals surface area contributed by atoms with Crippen molar-refractivity contribution in [2.45, 2.75) is 39.2 Å². The summed E-state index contributed by atoms with van der Waals surface area (Å²) in [7, 11) is 0. The minimum absolute atomic E-state index is 0.151. The van der Waals surface area contributed by atoms with E-state index in [4.69, 9.17) is 11.5 Å². The van der Waals surface area contributed by atoms with Gasteiger partial charge in [0.25, 0.3) is 17.1 Å². The standard InChI is InChI=1S/C18H21N5O2/c1-2-3-4-6-10-23-15(19)12(16(20)24)11-13-17(23)21-14-8-5-7-9-22(14)18(13)25/h5,7-9,11,19H,2-4,6,10H2,1H3,(H2,20,24)/p+1. The SMILES string of the molecule is CCCCCC[n+]1c(N)c(C(N)=O)cc2c(=O)n3ccccc3nc21. The van der Waals surface area contributed by atoms with E-state index in [0.29, 0.717) is 23.2 Å². The molecular weight excluding hydrogens is 318 g/mol. The highest BCUT2D eigenvalue weighted by molar-refractivity contribution is 5.99. The van der Waals surface area contributed by atoms with E-state index in [1.54, 1.807) is 22.9 Å². The number of aromatic nitrogens is 3. The molecule has 0 bridgehead atoms. The molecule has 3 aromatic heterocycles. The van der Waals surface area contributed by atoms with E-state index in [1.165, 1.54) is 10.5 Å². The maximum absolute atomic E-state index is 12.8. The number of hydrogen-bond donors (Lipinski definition) is 2. The third-order valence-corrected chi connectivity index (χ3v) is 4.36. The van der Waals surface area contributed by atoms with Crippen LogP contribution in [0.2, 0.25) is 0 Å². The van der Waals surface area contributed by atoms with E-state index < -0.39 is 5.91 Å². The van der Waals surface area contributed by atoms with Crippen molar-refractivity contribution in [3.63, 3.8) is 0 Å². The summed E-state index contributed by atoms with van der Waals surface area (Å²) in [6.45, 7) is 2.72. The molecule has 7 heteroatoms. The number of unbranched alkanes of at least 4 members (excludes halogenated alkanes) is 3. The molecule has 3 heterocycles. The molecule has 3 aromatic rings. The monoisotopic (exact) mass is 340 g/mol. The number of nitrogens with zero attached hydrogens (tertiary/aromatic N) is 3. The summed E-state index contributed by atoms with van der Waals surface area (Å²) < 4.78 is 3.18. The normalized spacial score (nSPS) is 11.2. The molecule has 0 fully saturated rings. The third kappa shape index (κ3) is 3.05. The maximum Gasteiger partial charge on any atom is 0.278 e. The quantitative estimate of drug-likeness (QED) is 0.402. The van der Waals surface area contributed by atoms with Crippen LogP contribution in [0.3, 0.4) is 0 Å². The van der Waals surface area contributed by atoms with Crippen molar-refractivity contribution in [1.82, 2.24) is 9.38 Å². The van der Waals surface area contributed by atoms with E-state index in [9.17, 15) is 9.59 Å². The van der Waals surface area contributed by atoms with Gasteiger partial charge in [0, 0.05) is 6.20 Å². The minimum Gasteiger partial charge on any atom is -0.365 e. The Bertz CT molecular complexity index is 1010. The highest BCUT2D eigenvalue weighted by Gasteiger charge is 2.22. The molecule has 1 amide bonds. The molecule has 0 atom stereocenters. The fraction of sp³-hybridized carbons (Fsp3) is 0.333. The molecule has 0 radical (unpaired) electrons. The number of rotatable bonds is 6. The molecule has 25 heavy (non-hydrogen) atoms. The van der Waals surface area contributed by atoms with Crippen molar-refractivity contribution in [3.05, 3.63) is 46.4 Å². The summed E-state index contributed by atoms with van der Waals surface area (Å²) in [5.41, 5.74) is 12.5. The van der Waals surface area contributed by atoms with Gasteiger partial charge in [0.1, 0.15) is 10.9 Å². The average Bonchev–Trinajstić information content (AvgIpc) is 2.60. The van der Waals surface area contributed by atoms with Gasteiger partial charge < -0.3 is 11.5 Å². The van der Waals surface area contributed by atoms with Gasteiger partial charge in [-0.05, 0) is 24.6 Å². The molecule has 0 aliphatic carbocycles.